The van der Waals surface area contributed by atoms with Crippen LogP contribution in [0.4, 0.5) is 15.8 Å². The summed E-state index contributed by atoms with van der Waals surface area (Å²) >= 11 is 9.61. The summed E-state index contributed by atoms with van der Waals surface area (Å²) in [6.07, 6.45) is 1.90. The number of thioether (sulfide) groups is 1. The number of amides is 1. The Morgan fingerprint density at radius 1 is 1.07 bits per heavy atom. The number of esters is 1. The third-order valence-corrected chi connectivity index (χ3v) is 10.1. The number of halogens is 2. The van der Waals surface area contributed by atoms with E-state index in [1.54, 1.807) is 21.3 Å². The van der Waals surface area contributed by atoms with E-state index in [9.17, 15) is 18.8 Å². The summed E-state index contributed by atoms with van der Waals surface area (Å²) < 4.78 is 28.8. The lowest BCUT2D eigenvalue weighted by Crippen LogP contribution is -2.31. The maximum atomic E-state index is 14.3. The number of aromatic nitrogens is 3. The molecule has 15 heteroatoms. The zero-order valence-corrected chi connectivity index (χ0v) is 28.1. The minimum absolute atomic E-state index is 0.0226. The molecule has 0 N–H and O–H groups in total. The molecule has 46 heavy (non-hydrogen) atoms. The molecular weight excluding hydrogens is 673 g/mol. The number of likely N-dealkylation sites (N-methyl/N-ethyl adjacent to an activating group) is 1. The van der Waals surface area contributed by atoms with Crippen LogP contribution >= 0.6 is 46.0 Å². The van der Waals surface area contributed by atoms with Gasteiger partial charge in [-0.3, -0.25) is 19.1 Å². The Hall–Kier alpha value is -3.98. The Balaban J connectivity index is 0.000000184. The molecule has 0 unspecified atom stereocenters. The van der Waals surface area contributed by atoms with Gasteiger partial charge in [-0.05, 0) is 60.6 Å². The van der Waals surface area contributed by atoms with Gasteiger partial charge in [0.15, 0.2) is 6.61 Å². The third kappa shape index (κ3) is 8.23. The Morgan fingerprint density at radius 2 is 1.78 bits per heavy atom. The van der Waals surface area contributed by atoms with E-state index in [0.717, 1.165) is 57.9 Å². The van der Waals surface area contributed by atoms with E-state index >= 15 is 0 Å². The number of carbonyl (C=O) groups excluding carboxylic acids is 2. The molecule has 0 bridgehead atoms. The number of ether oxygens (including phenoxy) is 2. The van der Waals surface area contributed by atoms with E-state index in [1.165, 1.54) is 24.5 Å². The number of benzene rings is 3. The molecule has 0 fully saturated rings. The SMILES string of the molecule is CN(C(=O)COc1nc2ccccc2s1)c1ccccc1.COC(=O)CSc1cc(N=c2sc(=O)n3n2CCCC3)c(F)cc1Cl. The zero-order valence-electron chi connectivity index (χ0n) is 24.9. The number of carbonyl (C=O) groups is 2. The zero-order chi connectivity index (χ0) is 32.6. The van der Waals surface area contributed by atoms with Crippen molar-refractivity contribution in [3.63, 3.8) is 0 Å². The fourth-order valence-electron chi connectivity index (χ4n) is 4.36. The van der Waals surface area contributed by atoms with Crippen molar-refractivity contribution in [2.45, 2.75) is 30.8 Å². The van der Waals surface area contributed by atoms with Gasteiger partial charge in [0.1, 0.15) is 11.5 Å². The molecule has 0 spiro atoms. The summed E-state index contributed by atoms with van der Waals surface area (Å²) in [5.41, 5.74) is 1.82. The van der Waals surface area contributed by atoms with Crippen LogP contribution in [-0.2, 0) is 27.4 Å². The van der Waals surface area contributed by atoms with Crippen LogP contribution in [-0.4, -0.2) is 52.7 Å². The third-order valence-electron chi connectivity index (χ3n) is 6.79. The highest BCUT2D eigenvalue weighted by Gasteiger charge is 2.16. The molecule has 240 valence electrons. The van der Waals surface area contributed by atoms with E-state index in [0.29, 0.717) is 28.0 Å². The molecular formula is C31H29ClFN5O5S3. The smallest absolute Gasteiger partial charge is 0.325 e. The number of para-hydroxylation sites is 2. The summed E-state index contributed by atoms with van der Waals surface area (Å²) in [7, 11) is 3.03. The van der Waals surface area contributed by atoms with Crippen LogP contribution in [0.2, 0.25) is 5.02 Å². The van der Waals surface area contributed by atoms with Crippen molar-refractivity contribution in [1.29, 1.82) is 0 Å². The van der Waals surface area contributed by atoms with Crippen molar-refractivity contribution in [2.24, 2.45) is 4.99 Å². The average Bonchev–Trinajstić information content (AvgIpc) is 3.64. The molecule has 0 aliphatic carbocycles. The number of rotatable bonds is 8. The molecule has 3 aromatic carbocycles. The summed E-state index contributed by atoms with van der Waals surface area (Å²) in [4.78, 5) is 46.5. The Labute approximate surface area is 280 Å². The topological polar surface area (TPSA) is 108 Å². The monoisotopic (exact) mass is 701 g/mol. The first-order chi connectivity index (χ1) is 22.2. The van der Waals surface area contributed by atoms with Crippen molar-refractivity contribution < 1.29 is 23.5 Å². The van der Waals surface area contributed by atoms with Gasteiger partial charge in [-0.1, -0.05) is 53.3 Å². The van der Waals surface area contributed by atoms with Gasteiger partial charge >= 0.3 is 10.8 Å². The molecule has 0 atom stereocenters. The summed E-state index contributed by atoms with van der Waals surface area (Å²) in [6, 6.07) is 19.9. The maximum absolute atomic E-state index is 14.3. The highest BCUT2D eigenvalue weighted by Crippen LogP contribution is 2.33. The van der Waals surface area contributed by atoms with Crippen molar-refractivity contribution >= 4 is 79.5 Å². The van der Waals surface area contributed by atoms with Gasteiger partial charge < -0.3 is 14.4 Å². The quantitative estimate of drug-likeness (QED) is 0.141. The molecule has 10 nitrogen and oxygen atoms in total. The lowest BCUT2D eigenvalue weighted by Gasteiger charge is -2.16. The molecule has 1 aliphatic rings. The number of hydrogen-bond acceptors (Lipinski definition) is 10. The van der Waals surface area contributed by atoms with Crippen LogP contribution in [0.5, 0.6) is 5.19 Å². The number of fused-ring (bicyclic) bond motifs is 2. The van der Waals surface area contributed by atoms with Crippen LogP contribution in [0, 0.1) is 5.82 Å². The molecule has 0 radical (unpaired) electrons. The van der Waals surface area contributed by atoms with E-state index in [2.05, 4.69) is 14.7 Å². The molecule has 0 saturated carbocycles. The van der Waals surface area contributed by atoms with Crippen LogP contribution in [0.3, 0.4) is 0 Å². The van der Waals surface area contributed by atoms with Crippen molar-refractivity contribution in [3.8, 4) is 5.19 Å². The van der Waals surface area contributed by atoms with Gasteiger partial charge in [0.05, 0.1) is 28.1 Å². The summed E-state index contributed by atoms with van der Waals surface area (Å²) in [5, 5.41) is 0.719. The first-order valence-electron chi connectivity index (χ1n) is 14.1. The minimum Gasteiger partial charge on any atom is -0.468 e. The molecule has 1 aliphatic heterocycles. The molecule has 0 saturated heterocycles. The van der Waals surface area contributed by atoms with Gasteiger partial charge in [0.2, 0.25) is 4.80 Å². The van der Waals surface area contributed by atoms with E-state index in [1.807, 2.05) is 54.6 Å². The van der Waals surface area contributed by atoms with Gasteiger partial charge in [-0.2, -0.15) is 0 Å². The Morgan fingerprint density at radius 3 is 2.52 bits per heavy atom. The second kappa shape index (κ2) is 15.5. The highest BCUT2D eigenvalue weighted by molar-refractivity contribution is 8.00. The lowest BCUT2D eigenvalue weighted by atomic mass is 10.3. The first-order valence-corrected chi connectivity index (χ1v) is 17.1. The average molecular weight is 702 g/mol. The van der Waals surface area contributed by atoms with Crippen LogP contribution in [0.15, 0.2) is 81.4 Å². The fourth-order valence-corrected chi connectivity index (χ4v) is 7.16. The minimum atomic E-state index is -0.580. The van der Waals surface area contributed by atoms with E-state index < -0.39 is 11.8 Å². The van der Waals surface area contributed by atoms with Gasteiger partial charge in [-0.15, -0.1) is 11.8 Å². The molecule has 5 aromatic rings. The van der Waals surface area contributed by atoms with Crippen LogP contribution < -0.4 is 19.3 Å². The van der Waals surface area contributed by atoms with Crippen molar-refractivity contribution in [2.75, 3.05) is 31.4 Å². The number of hydrogen-bond donors (Lipinski definition) is 0. The standard InChI is InChI=1S/C16H14N2O2S.C15H15ClFN3O3S2/c1-18(12-7-3-2-4-8-12)15(19)11-20-16-17-13-9-5-6-10-14(13)21-16;1-23-13(21)8-24-12-7-11(10(17)6-9(12)16)18-14-19-4-2-3-5-20(19)15(22)25-14/h2-10H,11H2,1H3;6-7H,2-5,8H2,1H3. The van der Waals surface area contributed by atoms with Gasteiger partial charge in [-0.25, -0.2) is 19.0 Å². The normalized spacial score (nSPS) is 12.7. The number of nitrogens with zero attached hydrogens (tertiary/aromatic N) is 5. The molecule has 3 heterocycles. The second-order valence-electron chi connectivity index (χ2n) is 9.84. The number of thiazole rings is 1. The van der Waals surface area contributed by atoms with Crippen LogP contribution in [0.25, 0.3) is 10.2 Å². The first kappa shape index (κ1) is 33.4. The van der Waals surface area contributed by atoms with Gasteiger partial charge in [0, 0.05) is 30.7 Å². The molecule has 1 amide bonds. The van der Waals surface area contributed by atoms with Crippen molar-refractivity contribution in [1.82, 2.24) is 14.3 Å². The lowest BCUT2D eigenvalue weighted by molar-refractivity contribution is -0.137. The number of anilines is 1. The predicted molar refractivity (Wildman–Crippen MR) is 180 cm³/mol. The second-order valence-corrected chi connectivity index (χ2v) is 13.2. The highest BCUT2D eigenvalue weighted by atomic mass is 35.5. The van der Waals surface area contributed by atoms with Gasteiger partial charge in [0.25, 0.3) is 11.1 Å². The Bertz CT molecular complexity index is 1940. The van der Waals surface area contributed by atoms with E-state index in [-0.39, 0.29) is 33.8 Å². The molecule has 2 aromatic heterocycles. The molecule has 6 rings (SSSR count). The summed E-state index contributed by atoms with van der Waals surface area (Å²) in [5.74, 6) is -1.03. The summed E-state index contributed by atoms with van der Waals surface area (Å²) in [6.45, 7) is 1.30. The predicted octanol–water partition coefficient (Wildman–Crippen LogP) is 6.13. The van der Waals surface area contributed by atoms with E-state index in [4.69, 9.17) is 16.3 Å². The largest absolute Gasteiger partial charge is 0.468 e. The van der Waals surface area contributed by atoms with Crippen LogP contribution in [0.1, 0.15) is 12.8 Å². The number of methoxy groups -OCH3 is 1. The fraction of sp³-hybridized carbons (Fsp3) is 0.258. The Kier molecular flexibility index (Phi) is 11.3. The van der Waals surface area contributed by atoms with Crippen molar-refractivity contribution in [3.05, 3.63) is 92.0 Å². The maximum Gasteiger partial charge on any atom is 0.325 e.